The lowest BCUT2D eigenvalue weighted by molar-refractivity contribution is 0.0255. The van der Waals surface area contributed by atoms with Crippen molar-refractivity contribution in [2.45, 2.75) is 31.9 Å². The maximum absolute atomic E-state index is 12.7. The van der Waals surface area contributed by atoms with E-state index in [2.05, 4.69) is 78.1 Å². The number of nitrogens with zero attached hydrogens (tertiary/aromatic N) is 1. The first kappa shape index (κ1) is 24.5. The molecule has 0 aliphatic rings. The SMILES string of the molecule is CC(C)(C)OC(=O)N(CCN)CCNC(c1ccccc1)(c1ccccc1)c1ccccc1. The van der Waals surface area contributed by atoms with Crippen molar-refractivity contribution in [1.29, 1.82) is 0 Å². The third-order valence-electron chi connectivity index (χ3n) is 5.44. The Bertz CT molecular complexity index is 889. The van der Waals surface area contributed by atoms with Gasteiger partial charge in [-0.2, -0.15) is 0 Å². The zero-order valence-corrected chi connectivity index (χ0v) is 19.8. The Labute approximate surface area is 197 Å². The van der Waals surface area contributed by atoms with E-state index in [1.807, 2.05) is 39.0 Å². The van der Waals surface area contributed by atoms with E-state index in [1.165, 1.54) is 0 Å². The van der Waals surface area contributed by atoms with E-state index in [0.29, 0.717) is 26.2 Å². The fourth-order valence-corrected chi connectivity index (χ4v) is 4.03. The first-order valence-electron chi connectivity index (χ1n) is 11.5. The third kappa shape index (κ3) is 6.21. The van der Waals surface area contributed by atoms with Gasteiger partial charge in [-0.1, -0.05) is 91.0 Å². The van der Waals surface area contributed by atoms with Crippen LogP contribution in [0.3, 0.4) is 0 Å². The Morgan fingerprint density at radius 2 is 1.21 bits per heavy atom. The number of hydrogen-bond acceptors (Lipinski definition) is 4. The van der Waals surface area contributed by atoms with Crippen LogP contribution in [0.5, 0.6) is 0 Å². The van der Waals surface area contributed by atoms with Gasteiger partial charge in [-0.05, 0) is 37.5 Å². The lowest BCUT2D eigenvalue weighted by atomic mass is 9.77. The van der Waals surface area contributed by atoms with Gasteiger partial charge in [0.2, 0.25) is 0 Å². The Balaban J connectivity index is 1.96. The molecule has 0 unspecified atom stereocenters. The lowest BCUT2D eigenvalue weighted by Crippen LogP contribution is -2.49. The number of rotatable bonds is 9. The monoisotopic (exact) mass is 445 g/mol. The quantitative estimate of drug-likeness (QED) is 0.466. The van der Waals surface area contributed by atoms with Gasteiger partial charge in [-0.25, -0.2) is 4.79 Å². The van der Waals surface area contributed by atoms with Gasteiger partial charge >= 0.3 is 6.09 Å². The smallest absolute Gasteiger partial charge is 0.410 e. The molecule has 0 saturated heterocycles. The maximum atomic E-state index is 12.7. The van der Waals surface area contributed by atoms with Crippen molar-refractivity contribution in [2.24, 2.45) is 5.73 Å². The average Bonchev–Trinajstić information content (AvgIpc) is 2.82. The molecule has 0 fully saturated rings. The summed E-state index contributed by atoms with van der Waals surface area (Å²) in [6, 6.07) is 31.2. The number of hydrogen-bond donors (Lipinski definition) is 2. The van der Waals surface area contributed by atoms with E-state index in [-0.39, 0.29) is 6.09 Å². The van der Waals surface area contributed by atoms with Crippen LogP contribution in [0, 0.1) is 0 Å². The second-order valence-corrected chi connectivity index (χ2v) is 9.03. The molecule has 3 rings (SSSR count). The fourth-order valence-electron chi connectivity index (χ4n) is 4.03. The van der Waals surface area contributed by atoms with Crippen LogP contribution in [0.15, 0.2) is 91.0 Å². The molecule has 33 heavy (non-hydrogen) atoms. The van der Waals surface area contributed by atoms with Gasteiger partial charge in [0.1, 0.15) is 5.60 Å². The van der Waals surface area contributed by atoms with Crippen LogP contribution < -0.4 is 11.1 Å². The molecular formula is C28H35N3O2. The topological polar surface area (TPSA) is 67.6 Å². The highest BCUT2D eigenvalue weighted by Crippen LogP contribution is 2.36. The predicted molar refractivity (Wildman–Crippen MR) is 134 cm³/mol. The molecule has 0 radical (unpaired) electrons. The fraction of sp³-hybridized carbons (Fsp3) is 0.321. The Kier molecular flexibility index (Phi) is 8.26. The van der Waals surface area contributed by atoms with Gasteiger partial charge in [0, 0.05) is 26.2 Å². The largest absolute Gasteiger partial charge is 0.444 e. The summed E-state index contributed by atoms with van der Waals surface area (Å²) in [5, 5.41) is 3.80. The maximum Gasteiger partial charge on any atom is 0.410 e. The minimum absolute atomic E-state index is 0.348. The zero-order chi connectivity index (χ0) is 23.7. The van der Waals surface area contributed by atoms with Gasteiger partial charge in [-0.3, -0.25) is 5.32 Å². The van der Waals surface area contributed by atoms with Crippen molar-refractivity contribution in [3.05, 3.63) is 108 Å². The van der Waals surface area contributed by atoms with E-state index >= 15 is 0 Å². The van der Waals surface area contributed by atoms with Gasteiger partial charge in [-0.15, -0.1) is 0 Å². The summed E-state index contributed by atoms with van der Waals surface area (Å²) in [6.07, 6.45) is -0.348. The van der Waals surface area contributed by atoms with E-state index in [9.17, 15) is 4.79 Å². The minimum atomic E-state index is -0.577. The minimum Gasteiger partial charge on any atom is -0.444 e. The van der Waals surface area contributed by atoms with Crippen LogP contribution in [-0.2, 0) is 10.3 Å². The van der Waals surface area contributed by atoms with E-state index in [1.54, 1.807) is 4.90 Å². The second kappa shape index (κ2) is 11.1. The summed E-state index contributed by atoms with van der Waals surface area (Å²) in [6.45, 7) is 7.45. The molecule has 0 aliphatic heterocycles. The summed E-state index contributed by atoms with van der Waals surface area (Å²) in [7, 11) is 0. The summed E-state index contributed by atoms with van der Waals surface area (Å²) < 4.78 is 5.59. The molecule has 0 aliphatic carbocycles. The van der Waals surface area contributed by atoms with Gasteiger partial charge in [0.15, 0.2) is 0 Å². The number of nitrogens with one attached hydrogen (secondary N) is 1. The number of amides is 1. The Hall–Kier alpha value is -3.15. The van der Waals surface area contributed by atoms with Crippen molar-refractivity contribution in [1.82, 2.24) is 10.2 Å². The molecule has 5 nitrogen and oxygen atoms in total. The molecule has 0 saturated carbocycles. The Morgan fingerprint density at radius 3 is 1.58 bits per heavy atom. The van der Waals surface area contributed by atoms with Crippen molar-refractivity contribution >= 4 is 6.09 Å². The molecule has 174 valence electrons. The number of nitrogens with two attached hydrogens (primary N) is 1. The molecule has 1 amide bonds. The van der Waals surface area contributed by atoms with Crippen LogP contribution in [0.1, 0.15) is 37.5 Å². The van der Waals surface area contributed by atoms with Crippen LogP contribution >= 0.6 is 0 Å². The van der Waals surface area contributed by atoms with Crippen molar-refractivity contribution in [2.75, 3.05) is 26.2 Å². The van der Waals surface area contributed by atoms with E-state index in [0.717, 1.165) is 16.7 Å². The summed E-state index contributed by atoms with van der Waals surface area (Å²) in [5.41, 5.74) is 8.05. The number of carbonyl (C=O) groups excluding carboxylic acids is 1. The summed E-state index contributed by atoms with van der Waals surface area (Å²) in [5.74, 6) is 0. The number of benzene rings is 3. The molecule has 3 aromatic rings. The van der Waals surface area contributed by atoms with Crippen LogP contribution in [0.2, 0.25) is 0 Å². The first-order chi connectivity index (χ1) is 15.9. The highest BCUT2D eigenvalue weighted by Gasteiger charge is 2.36. The van der Waals surface area contributed by atoms with Gasteiger partial charge < -0.3 is 15.4 Å². The molecule has 3 aromatic carbocycles. The third-order valence-corrected chi connectivity index (χ3v) is 5.44. The highest BCUT2D eigenvalue weighted by molar-refractivity contribution is 5.68. The van der Waals surface area contributed by atoms with Crippen molar-refractivity contribution in [3.63, 3.8) is 0 Å². The van der Waals surface area contributed by atoms with Gasteiger partial charge in [0.25, 0.3) is 0 Å². The summed E-state index contributed by atoms with van der Waals surface area (Å²) in [4.78, 5) is 14.4. The molecule has 0 aromatic heterocycles. The normalized spacial score (nSPS) is 11.8. The molecule has 0 heterocycles. The first-order valence-corrected chi connectivity index (χ1v) is 11.5. The van der Waals surface area contributed by atoms with E-state index < -0.39 is 11.1 Å². The molecule has 3 N–H and O–H groups in total. The summed E-state index contributed by atoms with van der Waals surface area (Å²) >= 11 is 0. The number of ether oxygens (including phenoxy) is 1. The molecule has 5 heteroatoms. The van der Waals surface area contributed by atoms with Crippen molar-refractivity contribution < 1.29 is 9.53 Å². The second-order valence-electron chi connectivity index (χ2n) is 9.03. The lowest BCUT2D eigenvalue weighted by Gasteiger charge is -2.38. The number of carbonyl (C=O) groups is 1. The Morgan fingerprint density at radius 1 is 0.788 bits per heavy atom. The van der Waals surface area contributed by atoms with Crippen LogP contribution in [0.4, 0.5) is 4.79 Å². The standard InChI is InChI=1S/C28H35N3O2/c1-27(2,3)33-26(32)31(21-19-29)22-20-30-28(23-13-7-4-8-14-23,24-15-9-5-10-16-24)25-17-11-6-12-18-25/h4-18,30H,19-22,29H2,1-3H3. The highest BCUT2D eigenvalue weighted by atomic mass is 16.6. The molecule has 0 spiro atoms. The molecule has 0 bridgehead atoms. The zero-order valence-electron chi connectivity index (χ0n) is 19.8. The van der Waals surface area contributed by atoms with Crippen LogP contribution in [-0.4, -0.2) is 42.8 Å². The average molecular weight is 446 g/mol. The van der Waals surface area contributed by atoms with E-state index in [4.69, 9.17) is 10.5 Å². The molecular weight excluding hydrogens is 410 g/mol. The predicted octanol–water partition coefficient (Wildman–Crippen LogP) is 4.76. The molecule has 0 atom stereocenters. The van der Waals surface area contributed by atoms with Gasteiger partial charge in [0.05, 0.1) is 5.54 Å². The van der Waals surface area contributed by atoms with Crippen LogP contribution in [0.25, 0.3) is 0 Å². The van der Waals surface area contributed by atoms with Crippen molar-refractivity contribution in [3.8, 4) is 0 Å².